The van der Waals surface area contributed by atoms with Crippen LogP contribution in [0.3, 0.4) is 0 Å². The van der Waals surface area contributed by atoms with Gasteiger partial charge in [-0.1, -0.05) is 12.1 Å². The molecule has 1 aromatic carbocycles. The first kappa shape index (κ1) is 9.14. The summed E-state index contributed by atoms with van der Waals surface area (Å²) < 4.78 is 4.94. The average Bonchev–Trinajstić information content (AvgIpc) is 2.90. The Morgan fingerprint density at radius 3 is 1.45 bits per heavy atom. The van der Waals surface area contributed by atoms with E-state index in [4.69, 9.17) is 4.74 Å². The van der Waals surface area contributed by atoms with Crippen molar-refractivity contribution >= 4 is 0 Å². The van der Waals surface area contributed by atoms with Crippen molar-refractivity contribution in [3.8, 4) is 37.2 Å². The van der Waals surface area contributed by atoms with E-state index in [1.165, 1.54) is 0 Å². The molecule has 0 atom stereocenters. The summed E-state index contributed by atoms with van der Waals surface area (Å²) in [5, 5.41) is 0. The fourth-order valence-corrected chi connectivity index (χ4v) is 0.611. The highest BCUT2D eigenvalue weighted by Gasteiger charge is 2.15. The molecule has 54 valence electrons. The Hall–Kier alpha value is -1.86. The second kappa shape index (κ2) is 4.97. The van der Waals surface area contributed by atoms with E-state index in [2.05, 4.69) is 25.7 Å². The van der Waals surface area contributed by atoms with Gasteiger partial charge in [-0.3, -0.25) is 0 Å². The molecule has 2 rings (SSSR count). The first-order chi connectivity index (χ1) is 5.47. The minimum Gasteiger partial charge on any atom is -0.450 e. The lowest BCUT2D eigenvalue weighted by Crippen LogP contribution is -1.37. The predicted molar refractivity (Wildman–Crippen MR) is 46.3 cm³/mol. The van der Waals surface area contributed by atoms with Gasteiger partial charge in [0.25, 0.3) is 0 Å². The van der Waals surface area contributed by atoms with Crippen LogP contribution in [0.1, 0.15) is 0 Å². The summed E-state index contributed by atoms with van der Waals surface area (Å²) in [5.41, 5.74) is 0. The van der Waals surface area contributed by atoms with Gasteiger partial charge in [0.1, 0.15) is 0 Å². The van der Waals surface area contributed by atoms with Crippen LogP contribution in [-0.2, 0) is 0 Å². The van der Waals surface area contributed by atoms with E-state index in [-0.39, 0.29) is 0 Å². The highest BCUT2D eigenvalue weighted by Crippen LogP contribution is 2.43. The fraction of sp³-hybridized carbons (Fsp3) is 0. The second-order valence-electron chi connectivity index (χ2n) is 1.55. The number of terminal acetylenes is 2. The van der Waals surface area contributed by atoms with Crippen LogP contribution in [0, 0.1) is 25.7 Å². The zero-order valence-electron chi connectivity index (χ0n) is 6.03. The molecule has 0 bridgehead atoms. The molecule has 1 heteroatoms. The van der Waals surface area contributed by atoms with Crippen LogP contribution in [0.15, 0.2) is 24.3 Å². The molecule has 0 spiro atoms. The van der Waals surface area contributed by atoms with Gasteiger partial charge in [0.2, 0.25) is 0 Å². The summed E-state index contributed by atoms with van der Waals surface area (Å²) >= 11 is 0. The van der Waals surface area contributed by atoms with Crippen molar-refractivity contribution in [2.75, 3.05) is 0 Å². The Morgan fingerprint density at radius 1 is 0.818 bits per heavy atom. The Labute approximate surface area is 67.0 Å². The number of rotatable bonds is 0. The quantitative estimate of drug-likeness (QED) is 0.408. The van der Waals surface area contributed by atoms with Crippen molar-refractivity contribution in [2.24, 2.45) is 0 Å². The molecule has 1 aromatic rings. The van der Waals surface area contributed by atoms with E-state index < -0.39 is 0 Å². The minimum atomic E-state index is 1.03. The van der Waals surface area contributed by atoms with E-state index in [1.54, 1.807) is 0 Å². The normalized spacial score (nSPS) is 8.00. The van der Waals surface area contributed by atoms with E-state index in [0.29, 0.717) is 0 Å². The van der Waals surface area contributed by atoms with Gasteiger partial charge >= 0.3 is 0 Å². The van der Waals surface area contributed by atoms with Gasteiger partial charge in [-0.2, -0.15) is 0 Å². The maximum absolute atomic E-state index is 4.94. The number of hydrogen-bond acceptors (Lipinski definition) is 1. The maximum Gasteiger partial charge on any atom is 0.170 e. The molecule has 1 nitrogen and oxygen atoms in total. The third-order valence-electron chi connectivity index (χ3n) is 1.03. The molecule has 0 unspecified atom stereocenters. The van der Waals surface area contributed by atoms with Gasteiger partial charge in [0.05, 0.1) is 0 Å². The summed E-state index contributed by atoms with van der Waals surface area (Å²) in [7, 11) is 0. The molecule has 0 fully saturated rings. The van der Waals surface area contributed by atoms with Crippen molar-refractivity contribution in [3.05, 3.63) is 24.3 Å². The van der Waals surface area contributed by atoms with Gasteiger partial charge < -0.3 is 4.74 Å². The van der Waals surface area contributed by atoms with Crippen LogP contribution in [-0.4, -0.2) is 0 Å². The topological polar surface area (TPSA) is 12.5 Å². The number of para-hydroxylation sites is 2. The van der Waals surface area contributed by atoms with Crippen molar-refractivity contribution in [1.29, 1.82) is 0 Å². The fourth-order valence-electron chi connectivity index (χ4n) is 0.611. The summed E-state index contributed by atoms with van der Waals surface area (Å²) in [6.07, 6.45) is 16.0. The van der Waals surface area contributed by atoms with Crippen molar-refractivity contribution < 1.29 is 4.74 Å². The minimum absolute atomic E-state index is 1.03. The number of ether oxygens (including phenoxy) is 1. The van der Waals surface area contributed by atoms with Crippen LogP contribution in [0.2, 0.25) is 0 Å². The summed E-state index contributed by atoms with van der Waals surface area (Å²) in [6, 6.07) is 7.84. The Morgan fingerprint density at radius 2 is 1.18 bits per heavy atom. The molecule has 0 aliphatic carbocycles. The number of fused-ring (bicyclic) bond motifs is 1. The molecule has 1 aliphatic rings. The molecule has 0 amide bonds. The van der Waals surface area contributed by atoms with Gasteiger partial charge in [-0.05, 0) is 12.1 Å². The van der Waals surface area contributed by atoms with E-state index >= 15 is 0 Å². The lowest BCUT2D eigenvalue weighted by atomic mass is 10.4. The summed E-state index contributed by atoms with van der Waals surface area (Å²) in [6.45, 7) is 0. The monoisotopic (exact) mass is 144 g/mol. The van der Waals surface area contributed by atoms with Gasteiger partial charge in [-0.25, -0.2) is 0 Å². The van der Waals surface area contributed by atoms with Crippen LogP contribution in [0.5, 0.6) is 11.5 Å². The van der Waals surface area contributed by atoms with E-state index in [0.717, 1.165) is 11.5 Å². The van der Waals surface area contributed by atoms with Gasteiger partial charge in [-0.15, -0.1) is 25.7 Å². The highest BCUT2D eigenvalue weighted by molar-refractivity contribution is 5.53. The Kier molecular flexibility index (Phi) is 4.13. The van der Waals surface area contributed by atoms with Gasteiger partial charge in [0.15, 0.2) is 11.5 Å². The Bertz CT molecular complexity index is 231. The third-order valence-corrected chi connectivity index (χ3v) is 1.03. The average molecular weight is 144 g/mol. The van der Waals surface area contributed by atoms with Crippen LogP contribution in [0.25, 0.3) is 0 Å². The highest BCUT2D eigenvalue weighted by atomic mass is 16.6. The Balaban J connectivity index is 0.000000222. The molecular formula is C10H8O. The molecule has 1 heterocycles. The molecule has 0 radical (unpaired) electrons. The van der Waals surface area contributed by atoms with Crippen LogP contribution < -0.4 is 4.74 Å². The third kappa shape index (κ3) is 2.47. The second-order valence-corrected chi connectivity index (χ2v) is 1.55. The zero-order chi connectivity index (χ0) is 8.69. The zero-order valence-corrected chi connectivity index (χ0v) is 6.03. The lowest BCUT2D eigenvalue weighted by Gasteiger charge is -1.61. The molecule has 0 saturated heterocycles. The van der Waals surface area contributed by atoms with E-state index in [9.17, 15) is 0 Å². The largest absolute Gasteiger partial charge is 0.450 e. The van der Waals surface area contributed by atoms with E-state index in [1.807, 2.05) is 24.3 Å². The van der Waals surface area contributed by atoms with Crippen molar-refractivity contribution in [3.63, 3.8) is 0 Å². The first-order valence-corrected chi connectivity index (χ1v) is 2.90. The van der Waals surface area contributed by atoms with Crippen molar-refractivity contribution in [2.45, 2.75) is 0 Å². The number of benzene rings is 1. The first-order valence-electron chi connectivity index (χ1n) is 2.90. The SMILES string of the molecule is C#C.C#C.c1ccc2c(c1)O2. The molecule has 11 heavy (non-hydrogen) atoms. The molecule has 1 aliphatic heterocycles. The van der Waals surface area contributed by atoms with Crippen molar-refractivity contribution in [1.82, 2.24) is 0 Å². The molecular weight excluding hydrogens is 136 g/mol. The smallest absolute Gasteiger partial charge is 0.170 e. The summed E-state index contributed by atoms with van der Waals surface area (Å²) in [5.74, 6) is 2.06. The predicted octanol–water partition coefficient (Wildman–Crippen LogP) is 2.29. The maximum atomic E-state index is 4.94. The standard InChI is InChI=1S/C6H4O.2C2H2/c1-2-4-6-5(3-1)7-6;2*1-2/h1-4H;2*1-2H. The molecule has 0 saturated carbocycles. The molecule has 0 aromatic heterocycles. The molecule has 0 N–H and O–H groups in total. The lowest BCUT2D eigenvalue weighted by molar-refractivity contribution is 0.650. The van der Waals surface area contributed by atoms with Crippen LogP contribution in [0.4, 0.5) is 0 Å². The van der Waals surface area contributed by atoms with Gasteiger partial charge in [0, 0.05) is 0 Å². The number of hydrogen-bond donors (Lipinski definition) is 0. The van der Waals surface area contributed by atoms with Crippen LogP contribution >= 0.6 is 0 Å². The summed E-state index contributed by atoms with van der Waals surface area (Å²) in [4.78, 5) is 0.